The molecule has 1 aliphatic rings. The molecule has 0 radical (unpaired) electrons. The number of imide groups is 1. The van der Waals surface area contributed by atoms with E-state index in [0.29, 0.717) is 9.93 Å². The van der Waals surface area contributed by atoms with E-state index >= 15 is 0 Å². The van der Waals surface area contributed by atoms with Crippen LogP contribution in [0.3, 0.4) is 0 Å². The number of rotatable bonds is 5. The first kappa shape index (κ1) is 18.9. The largest absolute Gasteiger partial charge is 0.367 e. The van der Waals surface area contributed by atoms with Gasteiger partial charge in [-0.2, -0.15) is 0 Å². The van der Waals surface area contributed by atoms with E-state index in [4.69, 9.17) is 11.6 Å². The predicted molar refractivity (Wildman–Crippen MR) is 111 cm³/mol. The number of nitrogens with one attached hydrogen (secondary N) is 1. The highest BCUT2D eigenvalue weighted by Gasteiger charge is 2.34. The summed E-state index contributed by atoms with van der Waals surface area (Å²) >= 11 is 8.71. The minimum absolute atomic E-state index is 0.104. The molecule has 0 aliphatic carbocycles. The highest BCUT2D eigenvalue weighted by Crippen LogP contribution is 2.32. The molecule has 4 nitrogen and oxygen atoms in total. The van der Waals surface area contributed by atoms with Crippen molar-refractivity contribution in [2.24, 2.45) is 0 Å². The maximum absolute atomic E-state index is 12.5. The SMILES string of the molecule is CSc1ccc(/C=C2/SC(=O)N(CNc3ccc(C)c(Cl)c3)C2=O)cc1. The van der Waals surface area contributed by atoms with Gasteiger partial charge in [0.25, 0.3) is 11.1 Å². The van der Waals surface area contributed by atoms with Crippen molar-refractivity contribution in [2.45, 2.75) is 11.8 Å². The molecule has 2 aromatic rings. The molecule has 0 spiro atoms. The molecule has 1 aliphatic heterocycles. The number of carbonyl (C=O) groups excluding carboxylic acids is 2. The number of anilines is 1. The number of thioether (sulfide) groups is 2. The van der Waals surface area contributed by atoms with E-state index in [2.05, 4.69) is 5.32 Å². The monoisotopic (exact) mass is 404 g/mol. The lowest BCUT2D eigenvalue weighted by Gasteiger charge is -2.15. The summed E-state index contributed by atoms with van der Waals surface area (Å²) in [5.74, 6) is -0.292. The molecule has 1 fully saturated rings. The molecular formula is C19H17ClN2O2S2. The molecule has 0 bridgehead atoms. The second-order valence-corrected chi connectivity index (χ2v) is 7.96. The van der Waals surface area contributed by atoms with Gasteiger partial charge in [-0.1, -0.05) is 29.8 Å². The van der Waals surface area contributed by atoms with Gasteiger partial charge in [0.1, 0.15) is 0 Å². The lowest BCUT2D eigenvalue weighted by molar-refractivity contribution is -0.122. The van der Waals surface area contributed by atoms with Crippen molar-refractivity contribution in [2.75, 3.05) is 18.2 Å². The Kier molecular flexibility index (Phi) is 5.96. The first-order valence-corrected chi connectivity index (χ1v) is 10.3. The number of nitrogens with zero attached hydrogens (tertiary/aromatic N) is 1. The number of halogens is 1. The summed E-state index contributed by atoms with van der Waals surface area (Å²) in [5, 5.41) is 3.42. The molecule has 0 saturated carbocycles. The summed E-state index contributed by atoms with van der Waals surface area (Å²) in [5.41, 5.74) is 2.63. The van der Waals surface area contributed by atoms with E-state index in [1.807, 2.05) is 49.6 Å². The molecule has 0 aromatic heterocycles. The van der Waals surface area contributed by atoms with Gasteiger partial charge in [-0.05, 0) is 66.4 Å². The number of hydrogen-bond acceptors (Lipinski definition) is 5. The quantitative estimate of drug-likeness (QED) is 0.528. The van der Waals surface area contributed by atoms with Crippen LogP contribution >= 0.6 is 35.1 Å². The van der Waals surface area contributed by atoms with Crippen LogP contribution in [0.4, 0.5) is 10.5 Å². The Hall–Kier alpha value is -1.89. The van der Waals surface area contributed by atoms with Gasteiger partial charge in [0.2, 0.25) is 0 Å². The minimum atomic E-state index is -0.292. The van der Waals surface area contributed by atoms with Crippen LogP contribution in [0.15, 0.2) is 52.3 Å². The second-order valence-electron chi connectivity index (χ2n) is 5.68. The molecule has 1 heterocycles. The molecule has 134 valence electrons. The average Bonchev–Trinajstić information content (AvgIpc) is 2.90. The third-order valence-corrected chi connectivity index (χ3v) is 5.96. The lowest BCUT2D eigenvalue weighted by Crippen LogP contribution is -2.33. The fourth-order valence-corrected chi connectivity index (χ4v) is 3.79. The second kappa shape index (κ2) is 8.20. The van der Waals surface area contributed by atoms with Gasteiger partial charge >= 0.3 is 0 Å². The summed E-state index contributed by atoms with van der Waals surface area (Å²) in [4.78, 5) is 27.5. The van der Waals surface area contributed by atoms with Crippen molar-refractivity contribution in [3.63, 3.8) is 0 Å². The number of carbonyl (C=O) groups is 2. The lowest BCUT2D eigenvalue weighted by atomic mass is 10.2. The average molecular weight is 405 g/mol. The van der Waals surface area contributed by atoms with Crippen LogP contribution in [0.25, 0.3) is 6.08 Å². The van der Waals surface area contributed by atoms with Crippen molar-refractivity contribution in [3.05, 3.63) is 63.5 Å². The number of aryl methyl sites for hydroxylation is 1. The number of hydrogen-bond donors (Lipinski definition) is 1. The van der Waals surface area contributed by atoms with Crippen LogP contribution in [-0.2, 0) is 4.79 Å². The zero-order valence-electron chi connectivity index (χ0n) is 14.3. The molecule has 0 atom stereocenters. The molecule has 0 unspecified atom stereocenters. The van der Waals surface area contributed by atoms with Crippen LogP contribution in [0.1, 0.15) is 11.1 Å². The van der Waals surface area contributed by atoms with Crippen molar-refractivity contribution in [1.82, 2.24) is 4.90 Å². The van der Waals surface area contributed by atoms with Crippen LogP contribution in [0.2, 0.25) is 5.02 Å². The Morgan fingerprint density at radius 1 is 1.19 bits per heavy atom. The van der Waals surface area contributed by atoms with Crippen molar-refractivity contribution >= 4 is 58.0 Å². The Balaban J connectivity index is 1.69. The van der Waals surface area contributed by atoms with Gasteiger partial charge in [-0.3, -0.25) is 14.5 Å². The predicted octanol–water partition coefficient (Wildman–Crippen LogP) is 5.48. The Bertz CT molecular complexity index is 882. The first-order valence-electron chi connectivity index (χ1n) is 7.87. The number of amides is 2. The topological polar surface area (TPSA) is 49.4 Å². The maximum atomic E-state index is 12.5. The Morgan fingerprint density at radius 3 is 2.58 bits per heavy atom. The van der Waals surface area contributed by atoms with Crippen molar-refractivity contribution in [3.8, 4) is 0 Å². The van der Waals surface area contributed by atoms with E-state index in [1.54, 1.807) is 23.9 Å². The summed E-state index contributed by atoms with van der Waals surface area (Å²) in [6.45, 7) is 2.02. The standard InChI is InChI=1S/C19H17ClN2O2S2/c1-12-3-6-14(10-16(12)20)21-11-22-18(23)17(26-19(22)24)9-13-4-7-15(25-2)8-5-13/h3-10,21H,11H2,1-2H3/b17-9+. The third kappa shape index (κ3) is 4.26. The molecule has 1 N–H and O–H groups in total. The van der Waals surface area contributed by atoms with Crippen LogP contribution < -0.4 is 5.32 Å². The zero-order valence-corrected chi connectivity index (χ0v) is 16.7. The minimum Gasteiger partial charge on any atom is -0.367 e. The van der Waals surface area contributed by atoms with Crippen LogP contribution in [0, 0.1) is 6.92 Å². The Morgan fingerprint density at radius 2 is 1.92 bits per heavy atom. The van der Waals surface area contributed by atoms with Gasteiger partial charge in [0.05, 0.1) is 11.6 Å². The van der Waals surface area contributed by atoms with Gasteiger partial charge in [0.15, 0.2) is 0 Å². The summed E-state index contributed by atoms with van der Waals surface area (Å²) in [6, 6.07) is 13.4. The highest BCUT2D eigenvalue weighted by atomic mass is 35.5. The van der Waals surface area contributed by atoms with Gasteiger partial charge in [0, 0.05) is 15.6 Å². The molecule has 2 aromatic carbocycles. The summed E-state index contributed by atoms with van der Waals surface area (Å²) < 4.78 is 0. The van der Waals surface area contributed by atoms with E-state index in [9.17, 15) is 9.59 Å². The van der Waals surface area contributed by atoms with Gasteiger partial charge in [-0.25, -0.2) is 0 Å². The molecule has 1 saturated heterocycles. The summed E-state index contributed by atoms with van der Waals surface area (Å²) in [6.07, 6.45) is 3.76. The first-order chi connectivity index (χ1) is 12.5. The summed E-state index contributed by atoms with van der Waals surface area (Å²) in [7, 11) is 0. The van der Waals surface area contributed by atoms with E-state index < -0.39 is 0 Å². The van der Waals surface area contributed by atoms with Crippen molar-refractivity contribution < 1.29 is 9.59 Å². The molecule has 3 rings (SSSR count). The van der Waals surface area contributed by atoms with E-state index in [1.165, 1.54) is 4.90 Å². The molecule has 7 heteroatoms. The normalized spacial score (nSPS) is 15.8. The van der Waals surface area contributed by atoms with Crippen molar-refractivity contribution in [1.29, 1.82) is 0 Å². The zero-order chi connectivity index (χ0) is 18.7. The molecule has 2 amide bonds. The fraction of sp³-hybridized carbons (Fsp3) is 0.158. The molecule has 26 heavy (non-hydrogen) atoms. The highest BCUT2D eigenvalue weighted by molar-refractivity contribution is 8.18. The van der Waals surface area contributed by atoms with Gasteiger partial charge < -0.3 is 5.32 Å². The molecular weight excluding hydrogens is 388 g/mol. The van der Waals surface area contributed by atoms with Gasteiger partial charge in [-0.15, -0.1) is 11.8 Å². The fourth-order valence-electron chi connectivity index (χ4n) is 2.36. The smallest absolute Gasteiger partial charge is 0.295 e. The third-order valence-electron chi connectivity index (χ3n) is 3.90. The maximum Gasteiger partial charge on any atom is 0.295 e. The van der Waals surface area contributed by atoms with E-state index in [0.717, 1.165) is 33.5 Å². The number of benzene rings is 2. The van der Waals surface area contributed by atoms with Crippen LogP contribution in [0.5, 0.6) is 0 Å². The Labute approximate surface area is 166 Å². The van der Waals surface area contributed by atoms with E-state index in [-0.39, 0.29) is 17.8 Å². The van der Waals surface area contributed by atoms with Crippen LogP contribution in [-0.4, -0.2) is 29.0 Å².